The normalized spacial score (nSPS) is 12.1. The summed E-state index contributed by atoms with van der Waals surface area (Å²) in [5.41, 5.74) is 3.17. The molecule has 0 radical (unpaired) electrons. The topological polar surface area (TPSA) is 31.4 Å². The molecule has 0 bridgehead atoms. The zero-order valence-corrected chi connectivity index (χ0v) is 16.7. The molecule has 1 heterocycles. The summed E-state index contributed by atoms with van der Waals surface area (Å²) in [5, 5.41) is 4.73. The largest absolute Gasteiger partial charge is 0.341 e. The number of halogens is 1. The third-order valence-corrected chi connectivity index (χ3v) is 4.70. The van der Waals surface area contributed by atoms with Crippen LogP contribution in [-0.4, -0.2) is 47.1 Å². The second-order valence-corrected chi connectivity index (χ2v) is 7.17. The van der Waals surface area contributed by atoms with Crippen molar-refractivity contribution in [2.24, 2.45) is 0 Å². The monoisotopic (exact) mass is 376 g/mol. The van der Waals surface area contributed by atoms with Gasteiger partial charge in [-0.15, -0.1) is 0 Å². The van der Waals surface area contributed by atoms with Crippen LogP contribution in [0, 0.1) is 6.92 Å². The van der Waals surface area contributed by atoms with Crippen LogP contribution in [0.4, 0.5) is 5.69 Å². The van der Waals surface area contributed by atoms with Crippen molar-refractivity contribution in [1.82, 2.24) is 14.8 Å². The number of rotatable bonds is 6. The molecule has 0 spiro atoms. The third-order valence-electron chi connectivity index (χ3n) is 4.12. The Bertz CT molecular complexity index is 706. The molecule has 2 rings (SSSR count). The second-order valence-electron chi connectivity index (χ2n) is 6.35. The van der Waals surface area contributed by atoms with E-state index in [4.69, 9.17) is 23.8 Å². The van der Waals surface area contributed by atoms with Gasteiger partial charge in [-0.25, -0.2) is 0 Å². The number of hydrogen-bond acceptors (Lipinski definition) is 3. The van der Waals surface area contributed by atoms with E-state index in [1.807, 2.05) is 37.4 Å². The van der Waals surface area contributed by atoms with Crippen molar-refractivity contribution in [3.8, 4) is 0 Å². The van der Waals surface area contributed by atoms with Crippen LogP contribution >= 0.6 is 23.8 Å². The number of nitrogens with one attached hydrogen (secondary N) is 1. The second kappa shape index (κ2) is 9.13. The fourth-order valence-electron chi connectivity index (χ4n) is 2.50. The first-order valence-corrected chi connectivity index (χ1v) is 9.05. The van der Waals surface area contributed by atoms with Crippen molar-refractivity contribution in [1.29, 1.82) is 0 Å². The molecular formula is C19H25ClN4S. The highest BCUT2D eigenvalue weighted by Crippen LogP contribution is 2.24. The molecule has 0 saturated heterocycles. The van der Waals surface area contributed by atoms with Crippen molar-refractivity contribution in [2.45, 2.75) is 19.9 Å². The molecule has 0 fully saturated rings. The number of pyridine rings is 1. The van der Waals surface area contributed by atoms with Gasteiger partial charge in [0.2, 0.25) is 0 Å². The van der Waals surface area contributed by atoms with E-state index >= 15 is 0 Å². The maximum atomic E-state index is 6.13. The zero-order valence-electron chi connectivity index (χ0n) is 15.2. The highest BCUT2D eigenvalue weighted by molar-refractivity contribution is 7.80. The standard InChI is InChI=1S/C19H25ClN4S/c1-14-7-8-17(20)12-18(14)22-19(25)24(11-10-23(3)4)15(2)16-6-5-9-21-13-16/h5-9,12-13,15H,10-11H2,1-4H3,(H,22,25)/t15-/m1/s1. The molecule has 2 aromatic rings. The van der Waals surface area contributed by atoms with Crippen LogP contribution in [0.25, 0.3) is 0 Å². The predicted molar refractivity (Wildman–Crippen MR) is 110 cm³/mol. The maximum Gasteiger partial charge on any atom is 0.173 e. The van der Waals surface area contributed by atoms with Gasteiger partial charge in [-0.2, -0.15) is 0 Å². The zero-order chi connectivity index (χ0) is 18.4. The number of benzene rings is 1. The van der Waals surface area contributed by atoms with Gasteiger partial charge in [-0.3, -0.25) is 4.98 Å². The summed E-state index contributed by atoms with van der Waals surface area (Å²) in [6.07, 6.45) is 3.67. The first-order chi connectivity index (χ1) is 11.9. The van der Waals surface area contributed by atoms with Crippen LogP contribution in [0.5, 0.6) is 0 Å². The van der Waals surface area contributed by atoms with E-state index in [1.165, 1.54) is 0 Å². The predicted octanol–water partition coefficient (Wildman–Crippen LogP) is 4.37. The Balaban J connectivity index is 2.21. The molecule has 0 unspecified atom stereocenters. The molecule has 1 atom stereocenters. The summed E-state index contributed by atoms with van der Waals surface area (Å²) in [7, 11) is 4.12. The van der Waals surface area contributed by atoms with Gasteiger partial charge in [0.1, 0.15) is 0 Å². The summed E-state index contributed by atoms with van der Waals surface area (Å²) in [5.74, 6) is 0. The van der Waals surface area contributed by atoms with Crippen LogP contribution in [0.3, 0.4) is 0 Å². The van der Waals surface area contributed by atoms with E-state index in [2.05, 4.69) is 47.2 Å². The van der Waals surface area contributed by atoms with E-state index in [-0.39, 0.29) is 6.04 Å². The maximum absolute atomic E-state index is 6.13. The summed E-state index contributed by atoms with van der Waals surface area (Å²) in [4.78, 5) is 8.57. The lowest BCUT2D eigenvalue weighted by molar-refractivity contribution is 0.289. The Morgan fingerprint density at radius 3 is 2.68 bits per heavy atom. The van der Waals surface area contributed by atoms with Crippen LogP contribution < -0.4 is 5.32 Å². The Morgan fingerprint density at radius 2 is 2.04 bits per heavy atom. The Kier molecular flexibility index (Phi) is 7.17. The van der Waals surface area contributed by atoms with E-state index < -0.39 is 0 Å². The third kappa shape index (κ3) is 5.66. The minimum absolute atomic E-state index is 0.119. The molecule has 0 saturated carbocycles. The number of anilines is 1. The average molecular weight is 377 g/mol. The number of nitrogens with zero attached hydrogens (tertiary/aromatic N) is 3. The Hall–Kier alpha value is -1.69. The van der Waals surface area contributed by atoms with Crippen molar-refractivity contribution >= 4 is 34.6 Å². The Labute approximate surface area is 160 Å². The lowest BCUT2D eigenvalue weighted by atomic mass is 10.1. The molecule has 4 nitrogen and oxygen atoms in total. The SMILES string of the molecule is Cc1ccc(Cl)cc1NC(=S)N(CCN(C)C)[C@H](C)c1cccnc1. The summed E-state index contributed by atoms with van der Waals surface area (Å²) >= 11 is 11.9. The van der Waals surface area contributed by atoms with Crippen LogP contribution in [0.15, 0.2) is 42.7 Å². The molecule has 1 aromatic heterocycles. The van der Waals surface area contributed by atoms with Gasteiger partial charge in [-0.1, -0.05) is 23.7 Å². The first kappa shape index (κ1) is 19.6. The molecule has 0 aliphatic heterocycles. The van der Waals surface area contributed by atoms with Crippen molar-refractivity contribution in [3.05, 3.63) is 58.9 Å². The summed E-state index contributed by atoms with van der Waals surface area (Å²) in [6.45, 7) is 5.90. The molecule has 1 N–H and O–H groups in total. The van der Waals surface area contributed by atoms with E-state index in [0.29, 0.717) is 10.1 Å². The number of aromatic nitrogens is 1. The van der Waals surface area contributed by atoms with Crippen molar-refractivity contribution in [2.75, 3.05) is 32.5 Å². The minimum atomic E-state index is 0.119. The van der Waals surface area contributed by atoms with Gasteiger partial charge in [0.25, 0.3) is 0 Å². The van der Waals surface area contributed by atoms with Gasteiger partial charge < -0.3 is 15.1 Å². The number of likely N-dealkylation sites (N-methyl/N-ethyl adjacent to an activating group) is 1. The quantitative estimate of drug-likeness (QED) is 0.757. The molecule has 0 aliphatic rings. The first-order valence-electron chi connectivity index (χ1n) is 8.27. The minimum Gasteiger partial charge on any atom is -0.341 e. The number of hydrogen-bond donors (Lipinski definition) is 1. The van der Waals surface area contributed by atoms with Gasteiger partial charge in [0, 0.05) is 36.2 Å². The smallest absolute Gasteiger partial charge is 0.173 e. The van der Waals surface area contributed by atoms with Gasteiger partial charge in [-0.05, 0) is 69.5 Å². The average Bonchev–Trinajstić information content (AvgIpc) is 2.58. The molecule has 6 heteroatoms. The van der Waals surface area contributed by atoms with Gasteiger partial charge >= 0.3 is 0 Å². The Morgan fingerprint density at radius 1 is 1.28 bits per heavy atom. The molecule has 1 aromatic carbocycles. The van der Waals surface area contributed by atoms with E-state index in [1.54, 1.807) is 6.20 Å². The summed E-state index contributed by atoms with van der Waals surface area (Å²) < 4.78 is 0. The van der Waals surface area contributed by atoms with Crippen LogP contribution in [0.2, 0.25) is 5.02 Å². The van der Waals surface area contributed by atoms with E-state index in [9.17, 15) is 0 Å². The van der Waals surface area contributed by atoms with Crippen molar-refractivity contribution < 1.29 is 0 Å². The van der Waals surface area contributed by atoms with Crippen molar-refractivity contribution in [3.63, 3.8) is 0 Å². The fourth-order valence-corrected chi connectivity index (χ4v) is 3.03. The van der Waals surface area contributed by atoms with Crippen LogP contribution in [0.1, 0.15) is 24.1 Å². The molecule has 0 amide bonds. The van der Waals surface area contributed by atoms with Gasteiger partial charge in [0.15, 0.2) is 5.11 Å². The fraction of sp³-hybridized carbons (Fsp3) is 0.368. The summed E-state index contributed by atoms with van der Waals surface area (Å²) in [6, 6.07) is 9.92. The number of thiocarbonyl (C=S) groups is 1. The molecule has 0 aliphatic carbocycles. The highest BCUT2D eigenvalue weighted by atomic mass is 35.5. The molecule has 134 valence electrons. The molecular weight excluding hydrogens is 352 g/mol. The number of aryl methyl sites for hydroxylation is 1. The lowest BCUT2D eigenvalue weighted by Crippen LogP contribution is -2.41. The lowest BCUT2D eigenvalue weighted by Gasteiger charge is -2.33. The van der Waals surface area contributed by atoms with E-state index in [0.717, 1.165) is 29.9 Å². The van der Waals surface area contributed by atoms with Crippen LogP contribution in [-0.2, 0) is 0 Å². The highest BCUT2D eigenvalue weighted by Gasteiger charge is 2.19. The van der Waals surface area contributed by atoms with Gasteiger partial charge in [0.05, 0.1) is 6.04 Å². The molecule has 25 heavy (non-hydrogen) atoms.